The van der Waals surface area contributed by atoms with E-state index in [1.165, 1.54) is 12.1 Å². The second-order valence-corrected chi connectivity index (χ2v) is 9.38. The third-order valence-corrected chi connectivity index (χ3v) is 7.87. The molecule has 8 nitrogen and oxygen atoms in total. The van der Waals surface area contributed by atoms with Crippen molar-refractivity contribution in [2.75, 3.05) is 13.1 Å². The Morgan fingerprint density at radius 1 is 1.18 bits per heavy atom. The smallest absolute Gasteiger partial charge is 0.339 e. The van der Waals surface area contributed by atoms with E-state index in [4.69, 9.17) is 14.9 Å². The van der Waals surface area contributed by atoms with Crippen LogP contribution < -0.4 is 4.74 Å². The van der Waals surface area contributed by atoms with E-state index in [1.807, 2.05) is 12.1 Å². The first-order chi connectivity index (χ1) is 16.2. The Hall–Kier alpha value is -3.36. The van der Waals surface area contributed by atoms with Crippen molar-refractivity contribution in [3.63, 3.8) is 0 Å². The molecule has 2 bridgehead atoms. The molecular weight excluding hydrogens is 438 g/mol. The fourth-order valence-electron chi connectivity index (χ4n) is 6.45. The molecule has 2 aromatic rings. The Kier molecular flexibility index (Phi) is 5.18. The molecule has 4 atom stereocenters. The lowest BCUT2D eigenvalue weighted by Crippen LogP contribution is -2.76. The summed E-state index contributed by atoms with van der Waals surface area (Å²) in [6, 6.07) is 9.33. The molecule has 0 aromatic heterocycles. The standard InChI is InChI=1S/C19H21NO4.C7H6O3/c1-2-8-20-9-7-18-15-11-3-4-12(21)16(15)24-17(18)13(22)5-6-19(18,23)14(20)10-11;8-6-4-2-1-3-5(6)7(9)10/h2-4,14,17,21,23H,1,5-10H2;1-4,8H,(H,9,10)/t14-,17+,18+,19-;/m1./s1. The average Bonchev–Trinajstić information content (AvgIpc) is 3.17. The van der Waals surface area contributed by atoms with E-state index in [0.717, 1.165) is 24.2 Å². The van der Waals surface area contributed by atoms with Crippen molar-refractivity contribution in [2.24, 2.45) is 0 Å². The van der Waals surface area contributed by atoms with Crippen molar-refractivity contribution in [2.45, 2.75) is 48.8 Å². The minimum Gasteiger partial charge on any atom is -0.507 e. The van der Waals surface area contributed by atoms with Gasteiger partial charge in [-0.25, -0.2) is 4.79 Å². The SMILES string of the molecule is C=CCN1CC[C@]23c4c5ccc(O)c4O[C@H]2C(=O)CC[C@@]3(O)[C@H]1C5.O=C(O)c1ccccc1O. The highest BCUT2D eigenvalue weighted by Crippen LogP contribution is 2.64. The number of rotatable bonds is 3. The molecule has 0 unspecified atom stereocenters. The number of para-hydroxylation sites is 1. The molecule has 4 N–H and O–H groups in total. The van der Waals surface area contributed by atoms with Crippen LogP contribution >= 0.6 is 0 Å². The summed E-state index contributed by atoms with van der Waals surface area (Å²) >= 11 is 0. The number of Topliss-reactive ketones (excluding diaryl/α,β-unsaturated/α-hetero) is 1. The quantitative estimate of drug-likeness (QED) is 0.509. The van der Waals surface area contributed by atoms with Gasteiger partial charge in [-0.15, -0.1) is 6.58 Å². The first kappa shape index (κ1) is 22.4. The number of carboxylic acids is 1. The van der Waals surface area contributed by atoms with Crippen LogP contribution in [0.2, 0.25) is 0 Å². The van der Waals surface area contributed by atoms with Gasteiger partial charge in [0.1, 0.15) is 11.3 Å². The highest BCUT2D eigenvalue weighted by Gasteiger charge is 2.73. The van der Waals surface area contributed by atoms with Gasteiger partial charge in [0.2, 0.25) is 0 Å². The number of carbonyl (C=O) groups is 2. The maximum Gasteiger partial charge on any atom is 0.339 e. The second-order valence-electron chi connectivity index (χ2n) is 9.38. The van der Waals surface area contributed by atoms with Crippen molar-refractivity contribution in [1.29, 1.82) is 0 Å². The molecule has 2 aromatic carbocycles. The molecule has 4 aliphatic rings. The van der Waals surface area contributed by atoms with E-state index in [9.17, 15) is 19.8 Å². The molecule has 8 heteroatoms. The Bertz CT molecular complexity index is 1190. The van der Waals surface area contributed by atoms with E-state index in [0.29, 0.717) is 31.4 Å². The lowest BCUT2D eigenvalue weighted by Gasteiger charge is -2.62. The number of piperidine rings is 1. The fourth-order valence-corrected chi connectivity index (χ4v) is 6.45. The van der Waals surface area contributed by atoms with Gasteiger partial charge in [-0.1, -0.05) is 24.3 Å². The van der Waals surface area contributed by atoms with Crippen LogP contribution in [0.5, 0.6) is 17.2 Å². The third kappa shape index (κ3) is 2.91. The number of likely N-dealkylation sites (tertiary alicyclic amines) is 1. The third-order valence-electron chi connectivity index (χ3n) is 7.87. The molecule has 2 aliphatic carbocycles. The fraction of sp³-hybridized carbons (Fsp3) is 0.385. The van der Waals surface area contributed by atoms with Crippen molar-refractivity contribution in [3.8, 4) is 17.2 Å². The van der Waals surface area contributed by atoms with Gasteiger partial charge < -0.3 is 25.2 Å². The zero-order chi connectivity index (χ0) is 24.3. The zero-order valence-electron chi connectivity index (χ0n) is 18.6. The number of ketones is 1. The van der Waals surface area contributed by atoms with Crippen LogP contribution in [0, 0.1) is 0 Å². The molecule has 0 amide bonds. The van der Waals surface area contributed by atoms with Gasteiger partial charge >= 0.3 is 5.97 Å². The molecule has 34 heavy (non-hydrogen) atoms. The summed E-state index contributed by atoms with van der Waals surface area (Å²) in [4.78, 5) is 25.2. The molecule has 0 radical (unpaired) electrons. The van der Waals surface area contributed by atoms with Gasteiger partial charge in [-0.2, -0.15) is 0 Å². The minimum absolute atomic E-state index is 0.0408. The molecule has 6 rings (SSSR count). The van der Waals surface area contributed by atoms with Crippen LogP contribution in [-0.4, -0.2) is 67.9 Å². The number of nitrogens with zero attached hydrogens (tertiary/aromatic N) is 1. The number of carbonyl (C=O) groups excluding carboxylic acids is 1. The number of carboxylic acid groups (broad SMARTS) is 1. The monoisotopic (exact) mass is 465 g/mol. The number of hydrogen-bond acceptors (Lipinski definition) is 7. The zero-order valence-corrected chi connectivity index (χ0v) is 18.6. The van der Waals surface area contributed by atoms with Crippen molar-refractivity contribution < 1.29 is 34.8 Å². The lowest BCUT2D eigenvalue weighted by atomic mass is 9.49. The Morgan fingerprint density at radius 2 is 1.94 bits per heavy atom. The summed E-state index contributed by atoms with van der Waals surface area (Å²) in [5.74, 6) is -0.784. The molecule has 2 fully saturated rings. The first-order valence-electron chi connectivity index (χ1n) is 11.4. The summed E-state index contributed by atoms with van der Waals surface area (Å²) in [5.41, 5.74) is 0.189. The van der Waals surface area contributed by atoms with Gasteiger partial charge in [0, 0.05) is 31.1 Å². The van der Waals surface area contributed by atoms with Crippen LogP contribution in [0.4, 0.5) is 0 Å². The average molecular weight is 466 g/mol. The number of aromatic hydroxyl groups is 2. The van der Waals surface area contributed by atoms with E-state index in [-0.39, 0.29) is 28.9 Å². The Balaban J connectivity index is 0.000000204. The largest absolute Gasteiger partial charge is 0.507 e. The number of phenolic OH excluding ortho intramolecular Hbond substituents is 1. The van der Waals surface area contributed by atoms with Gasteiger partial charge in [-0.3, -0.25) is 9.69 Å². The first-order valence-corrected chi connectivity index (χ1v) is 11.4. The minimum atomic E-state index is -1.11. The normalized spacial score (nSPS) is 30.4. The number of aliphatic hydroxyl groups is 1. The molecule has 1 spiro atoms. The predicted molar refractivity (Wildman–Crippen MR) is 122 cm³/mol. The van der Waals surface area contributed by atoms with Crippen LogP contribution in [-0.2, 0) is 16.6 Å². The molecule has 178 valence electrons. The van der Waals surface area contributed by atoms with E-state index >= 15 is 0 Å². The van der Waals surface area contributed by atoms with Gasteiger partial charge in [0.15, 0.2) is 23.4 Å². The molecule has 1 saturated heterocycles. The summed E-state index contributed by atoms with van der Waals surface area (Å²) in [5, 5.41) is 39.4. The predicted octanol–water partition coefficient (Wildman–Crippen LogP) is 2.39. The summed E-state index contributed by atoms with van der Waals surface area (Å²) in [6.07, 6.45) is 3.35. The summed E-state index contributed by atoms with van der Waals surface area (Å²) in [7, 11) is 0. The van der Waals surface area contributed by atoms with Crippen LogP contribution in [0.3, 0.4) is 0 Å². The maximum atomic E-state index is 12.6. The van der Waals surface area contributed by atoms with Crippen LogP contribution in [0.25, 0.3) is 0 Å². The molecule has 1 saturated carbocycles. The van der Waals surface area contributed by atoms with E-state index < -0.39 is 23.1 Å². The number of benzene rings is 2. The number of ether oxygens (including phenoxy) is 1. The van der Waals surface area contributed by atoms with Gasteiger partial charge in [0.25, 0.3) is 0 Å². The van der Waals surface area contributed by atoms with Crippen molar-refractivity contribution in [3.05, 3.63) is 65.7 Å². The Morgan fingerprint density at radius 3 is 2.62 bits per heavy atom. The number of phenols is 2. The molecule has 2 heterocycles. The Labute approximate surface area is 196 Å². The lowest BCUT2D eigenvalue weighted by molar-refractivity contribution is -0.187. The number of aromatic carboxylic acids is 1. The van der Waals surface area contributed by atoms with Crippen molar-refractivity contribution >= 4 is 11.8 Å². The van der Waals surface area contributed by atoms with E-state index in [2.05, 4.69) is 11.5 Å². The highest BCUT2D eigenvalue weighted by atomic mass is 16.5. The second kappa shape index (κ2) is 7.85. The van der Waals surface area contributed by atoms with E-state index in [1.54, 1.807) is 18.2 Å². The van der Waals surface area contributed by atoms with Crippen molar-refractivity contribution in [1.82, 2.24) is 4.90 Å². The van der Waals surface area contributed by atoms with Gasteiger partial charge in [-0.05, 0) is 43.0 Å². The van der Waals surface area contributed by atoms with Crippen LogP contribution in [0.1, 0.15) is 40.7 Å². The highest BCUT2D eigenvalue weighted by molar-refractivity contribution is 5.91. The topological polar surface area (TPSA) is 128 Å². The summed E-state index contributed by atoms with van der Waals surface area (Å²) < 4.78 is 5.98. The summed E-state index contributed by atoms with van der Waals surface area (Å²) in [6.45, 7) is 5.36. The number of hydrogen-bond donors (Lipinski definition) is 4. The van der Waals surface area contributed by atoms with Crippen LogP contribution in [0.15, 0.2) is 49.1 Å². The van der Waals surface area contributed by atoms with Gasteiger partial charge in [0.05, 0.1) is 11.0 Å². The molecule has 2 aliphatic heterocycles. The molecular formula is C26H27NO7. The maximum absolute atomic E-state index is 12.6.